The molecule has 3 aromatic rings. The lowest BCUT2D eigenvalue weighted by Crippen LogP contribution is -2.38. The van der Waals surface area contributed by atoms with Gasteiger partial charge in [-0.3, -0.25) is 4.79 Å². The highest BCUT2D eigenvalue weighted by Crippen LogP contribution is 2.36. The van der Waals surface area contributed by atoms with Gasteiger partial charge in [-0.15, -0.1) is 10.2 Å². The molecular weight excluding hydrogens is 396 g/mol. The smallest absolute Gasteiger partial charge is 0.253 e. The molecule has 5 nitrogen and oxygen atoms in total. The number of ether oxygens (including phenoxy) is 1. The average molecular weight is 415 g/mol. The molecule has 0 N–H and O–H groups in total. The number of hydrogen-bond donors (Lipinski definition) is 0. The molecule has 2 heterocycles. The Balaban J connectivity index is 1.43. The van der Waals surface area contributed by atoms with E-state index < -0.39 is 11.6 Å². The normalized spacial score (nSPS) is 14.8. The van der Waals surface area contributed by atoms with Crippen molar-refractivity contribution in [2.45, 2.75) is 18.8 Å². The van der Waals surface area contributed by atoms with Crippen molar-refractivity contribution in [2.24, 2.45) is 0 Å². The minimum absolute atomic E-state index is 0.164. The molecule has 0 spiro atoms. The Morgan fingerprint density at radius 1 is 1.10 bits per heavy atom. The van der Waals surface area contributed by atoms with Gasteiger partial charge >= 0.3 is 0 Å². The molecule has 1 aliphatic rings. The summed E-state index contributed by atoms with van der Waals surface area (Å²) in [6.07, 6.45) is 1.49. The number of piperidine rings is 1. The number of carbonyl (C=O) groups excluding carboxylic acids is 1. The summed E-state index contributed by atoms with van der Waals surface area (Å²) in [6.45, 7) is 1.07. The zero-order valence-electron chi connectivity index (χ0n) is 15.8. The van der Waals surface area contributed by atoms with E-state index in [1.165, 1.54) is 17.4 Å². The Labute approximate surface area is 171 Å². The van der Waals surface area contributed by atoms with Crippen LogP contribution in [-0.4, -0.2) is 41.2 Å². The second kappa shape index (κ2) is 8.24. The third-order valence-corrected chi connectivity index (χ3v) is 6.20. The molecule has 1 aromatic heterocycles. The number of likely N-dealkylation sites (tertiary alicyclic amines) is 1. The van der Waals surface area contributed by atoms with Crippen LogP contribution < -0.4 is 4.74 Å². The number of hydrogen-bond acceptors (Lipinski definition) is 5. The lowest BCUT2D eigenvalue weighted by molar-refractivity contribution is 0.0712. The highest BCUT2D eigenvalue weighted by molar-refractivity contribution is 7.14. The molecule has 1 amide bonds. The second-order valence-corrected chi connectivity index (χ2v) is 7.85. The first-order chi connectivity index (χ1) is 14.1. The quantitative estimate of drug-likeness (QED) is 0.629. The van der Waals surface area contributed by atoms with Gasteiger partial charge < -0.3 is 9.64 Å². The minimum Gasteiger partial charge on any atom is -0.496 e. The average Bonchev–Trinajstić information content (AvgIpc) is 3.25. The molecule has 1 aliphatic heterocycles. The van der Waals surface area contributed by atoms with Gasteiger partial charge in [-0.2, -0.15) is 0 Å². The topological polar surface area (TPSA) is 55.3 Å². The van der Waals surface area contributed by atoms with Gasteiger partial charge in [0.15, 0.2) is 16.6 Å². The summed E-state index contributed by atoms with van der Waals surface area (Å²) in [6, 6.07) is 10.9. The van der Waals surface area contributed by atoms with E-state index in [2.05, 4.69) is 10.2 Å². The highest BCUT2D eigenvalue weighted by atomic mass is 32.1. The van der Waals surface area contributed by atoms with Gasteiger partial charge in [0.25, 0.3) is 5.91 Å². The Morgan fingerprint density at radius 3 is 2.59 bits per heavy atom. The van der Waals surface area contributed by atoms with E-state index in [9.17, 15) is 13.6 Å². The van der Waals surface area contributed by atoms with Gasteiger partial charge in [-0.1, -0.05) is 23.5 Å². The molecular formula is C21H19F2N3O2S. The first kappa shape index (κ1) is 19.4. The van der Waals surface area contributed by atoms with Gasteiger partial charge in [-0.25, -0.2) is 8.78 Å². The number of carbonyl (C=O) groups is 1. The highest BCUT2D eigenvalue weighted by Gasteiger charge is 2.27. The number of amides is 1. The molecule has 4 rings (SSSR count). The largest absolute Gasteiger partial charge is 0.496 e. The van der Waals surface area contributed by atoms with Crippen LogP contribution in [0.3, 0.4) is 0 Å². The molecule has 0 aliphatic carbocycles. The molecule has 0 bridgehead atoms. The maximum absolute atomic E-state index is 13.4. The Bertz CT molecular complexity index is 1030. The lowest BCUT2D eigenvalue weighted by Gasteiger charge is -2.31. The molecule has 1 saturated heterocycles. The van der Waals surface area contributed by atoms with Crippen molar-refractivity contribution in [3.05, 3.63) is 64.7 Å². The van der Waals surface area contributed by atoms with E-state index in [4.69, 9.17) is 4.74 Å². The standard InChI is InChI=1S/C21H19F2N3O2S/c1-28-18-5-3-2-4-15(18)20-25-24-19(29-20)13-8-10-26(11-9-13)21(27)14-6-7-16(22)17(23)12-14/h2-7,12-13H,8-11H2,1H3. The van der Waals surface area contributed by atoms with Crippen molar-refractivity contribution >= 4 is 17.2 Å². The van der Waals surface area contributed by atoms with Crippen LogP contribution in [0.4, 0.5) is 8.78 Å². The van der Waals surface area contributed by atoms with Crippen LogP contribution in [0.15, 0.2) is 42.5 Å². The fourth-order valence-electron chi connectivity index (χ4n) is 3.47. The number of aromatic nitrogens is 2. The van der Waals surface area contributed by atoms with Gasteiger partial charge in [0.2, 0.25) is 0 Å². The monoisotopic (exact) mass is 415 g/mol. The number of nitrogens with zero attached hydrogens (tertiary/aromatic N) is 3. The van der Waals surface area contributed by atoms with Crippen molar-refractivity contribution in [3.63, 3.8) is 0 Å². The summed E-state index contributed by atoms with van der Waals surface area (Å²) in [4.78, 5) is 14.2. The van der Waals surface area contributed by atoms with E-state index in [1.807, 2.05) is 24.3 Å². The van der Waals surface area contributed by atoms with Gasteiger partial charge in [0.1, 0.15) is 10.8 Å². The van der Waals surface area contributed by atoms with Crippen molar-refractivity contribution < 1.29 is 18.3 Å². The SMILES string of the molecule is COc1ccccc1-c1nnc(C2CCN(C(=O)c3ccc(F)c(F)c3)CC2)s1. The Kier molecular flexibility index (Phi) is 5.53. The predicted octanol–water partition coefficient (Wildman–Crippen LogP) is 4.51. The van der Waals surface area contributed by atoms with E-state index in [-0.39, 0.29) is 17.4 Å². The fraction of sp³-hybridized carbons (Fsp3) is 0.286. The summed E-state index contributed by atoms with van der Waals surface area (Å²) < 4.78 is 31.9. The van der Waals surface area contributed by atoms with Crippen molar-refractivity contribution in [1.82, 2.24) is 15.1 Å². The zero-order valence-corrected chi connectivity index (χ0v) is 16.6. The first-order valence-corrected chi connectivity index (χ1v) is 10.1. The summed E-state index contributed by atoms with van der Waals surface area (Å²) in [5.74, 6) is -1.28. The Morgan fingerprint density at radius 2 is 1.86 bits per heavy atom. The van der Waals surface area contributed by atoms with E-state index >= 15 is 0 Å². The second-order valence-electron chi connectivity index (χ2n) is 6.84. The fourth-order valence-corrected chi connectivity index (χ4v) is 4.51. The van der Waals surface area contributed by atoms with Crippen LogP contribution >= 0.6 is 11.3 Å². The summed E-state index contributed by atoms with van der Waals surface area (Å²) in [7, 11) is 1.63. The van der Waals surface area contributed by atoms with Gasteiger partial charge in [-0.05, 0) is 43.2 Å². The summed E-state index contributed by atoms with van der Waals surface area (Å²) in [5.41, 5.74) is 1.07. The number of halogens is 2. The molecule has 0 saturated carbocycles. The predicted molar refractivity (Wildman–Crippen MR) is 106 cm³/mol. The van der Waals surface area contributed by atoms with Crippen LogP contribution in [0.1, 0.15) is 34.1 Å². The van der Waals surface area contributed by atoms with Crippen LogP contribution in [0.25, 0.3) is 10.6 Å². The van der Waals surface area contributed by atoms with Crippen LogP contribution in [0, 0.1) is 11.6 Å². The maximum Gasteiger partial charge on any atom is 0.253 e. The summed E-state index contributed by atoms with van der Waals surface area (Å²) >= 11 is 1.53. The molecule has 1 fully saturated rings. The number of rotatable bonds is 4. The molecule has 0 radical (unpaired) electrons. The molecule has 150 valence electrons. The molecule has 29 heavy (non-hydrogen) atoms. The summed E-state index contributed by atoms with van der Waals surface area (Å²) in [5, 5.41) is 10.4. The Hall–Kier alpha value is -2.87. The van der Waals surface area contributed by atoms with E-state index in [1.54, 1.807) is 12.0 Å². The maximum atomic E-state index is 13.4. The van der Waals surface area contributed by atoms with Crippen LogP contribution in [-0.2, 0) is 0 Å². The van der Waals surface area contributed by atoms with Gasteiger partial charge in [0.05, 0.1) is 12.7 Å². The zero-order chi connectivity index (χ0) is 20.4. The van der Waals surface area contributed by atoms with Gasteiger partial charge in [0, 0.05) is 24.6 Å². The van der Waals surface area contributed by atoms with E-state index in [0.717, 1.165) is 46.3 Å². The van der Waals surface area contributed by atoms with Crippen LogP contribution in [0.5, 0.6) is 5.75 Å². The van der Waals surface area contributed by atoms with E-state index in [0.29, 0.717) is 13.1 Å². The number of methoxy groups -OCH3 is 1. The third-order valence-electron chi connectivity index (χ3n) is 5.08. The van der Waals surface area contributed by atoms with Crippen molar-refractivity contribution in [1.29, 1.82) is 0 Å². The molecule has 8 heteroatoms. The third kappa shape index (κ3) is 3.98. The van der Waals surface area contributed by atoms with Crippen molar-refractivity contribution in [3.8, 4) is 16.3 Å². The number of para-hydroxylation sites is 1. The lowest BCUT2D eigenvalue weighted by atomic mass is 9.97. The van der Waals surface area contributed by atoms with Crippen LogP contribution in [0.2, 0.25) is 0 Å². The minimum atomic E-state index is -1.01. The molecule has 0 unspecified atom stereocenters. The first-order valence-electron chi connectivity index (χ1n) is 9.28. The van der Waals surface area contributed by atoms with Crippen molar-refractivity contribution in [2.75, 3.05) is 20.2 Å². The molecule has 2 aromatic carbocycles. The molecule has 0 atom stereocenters. The number of benzene rings is 2.